The molecule has 0 bridgehead atoms. The van der Waals surface area contributed by atoms with Crippen LogP contribution in [-0.2, 0) is 26.3 Å². The van der Waals surface area contributed by atoms with Crippen molar-refractivity contribution in [2.24, 2.45) is 5.41 Å². The summed E-state index contributed by atoms with van der Waals surface area (Å²) >= 11 is 3.31. The van der Waals surface area contributed by atoms with E-state index in [4.69, 9.17) is 9.47 Å². The Morgan fingerprint density at radius 2 is 2.18 bits per heavy atom. The van der Waals surface area contributed by atoms with Gasteiger partial charge in [-0.3, -0.25) is 4.79 Å². The van der Waals surface area contributed by atoms with Gasteiger partial charge in [-0.2, -0.15) is 0 Å². The highest BCUT2D eigenvalue weighted by molar-refractivity contribution is 9.10. The maximum atomic E-state index is 15.3. The van der Waals surface area contributed by atoms with Crippen molar-refractivity contribution >= 4 is 21.9 Å². The fourth-order valence-electron chi connectivity index (χ4n) is 3.90. The summed E-state index contributed by atoms with van der Waals surface area (Å²) in [6, 6.07) is 1.58. The number of carbonyl (C=O) groups excluding carboxylic acids is 1. The van der Waals surface area contributed by atoms with E-state index in [9.17, 15) is 9.90 Å². The molecule has 3 rings (SSSR count). The molecule has 2 aliphatic rings. The van der Waals surface area contributed by atoms with Gasteiger partial charge < -0.3 is 19.9 Å². The Morgan fingerprint density at radius 1 is 1.50 bits per heavy atom. The van der Waals surface area contributed by atoms with Gasteiger partial charge >= 0.3 is 5.97 Å². The lowest BCUT2D eigenvalue weighted by atomic mass is 9.72. The Morgan fingerprint density at radius 3 is 2.71 bits per heavy atom. The lowest BCUT2D eigenvalue weighted by Gasteiger charge is -2.40. The fourth-order valence-corrected chi connectivity index (χ4v) is 4.34. The Bertz CT molecular complexity index is 763. The van der Waals surface area contributed by atoms with Crippen LogP contribution < -0.4 is 5.32 Å². The molecule has 6 nitrogen and oxygen atoms in total. The molecule has 2 N–H and O–H groups in total. The maximum Gasteiger partial charge on any atom is 0.313 e. The molecule has 0 aromatic carbocycles. The van der Waals surface area contributed by atoms with Crippen molar-refractivity contribution in [2.45, 2.75) is 64.2 Å². The lowest BCUT2D eigenvalue weighted by molar-refractivity contribution is -0.186. The van der Waals surface area contributed by atoms with Gasteiger partial charge in [-0.05, 0) is 69.1 Å². The zero-order valence-corrected chi connectivity index (χ0v) is 18.4. The molecule has 0 spiro atoms. The number of nitrogens with zero attached hydrogens (tertiary/aromatic N) is 1. The van der Waals surface area contributed by atoms with Crippen LogP contribution in [0.3, 0.4) is 0 Å². The molecule has 2 fully saturated rings. The van der Waals surface area contributed by atoms with Crippen LogP contribution in [-0.4, -0.2) is 47.5 Å². The van der Waals surface area contributed by atoms with E-state index in [-0.39, 0.29) is 42.9 Å². The zero-order valence-electron chi connectivity index (χ0n) is 16.8. The summed E-state index contributed by atoms with van der Waals surface area (Å²) < 4.78 is 26.5. The van der Waals surface area contributed by atoms with Crippen molar-refractivity contribution in [1.82, 2.24) is 10.3 Å². The summed E-state index contributed by atoms with van der Waals surface area (Å²) in [7, 11) is 0. The lowest BCUT2D eigenvalue weighted by Crippen LogP contribution is -2.50. The van der Waals surface area contributed by atoms with E-state index >= 15 is 4.39 Å². The van der Waals surface area contributed by atoms with Crippen LogP contribution in [0.5, 0.6) is 0 Å². The SMILES string of the molecule is C[C@@H]1C[C@](Cc2nc(Br)cc(C3(O)COC3)c2F)(C(=O)OC(C)(C)C)CCN1. The van der Waals surface area contributed by atoms with Gasteiger partial charge in [0.05, 0.1) is 24.3 Å². The quantitative estimate of drug-likeness (QED) is 0.533. The number of piperidine rings is 1. The van der Waals surface area contributed by atoms with Crippen LogP contribution in [0.25, 0.3) is 0 Å². The summed E-state index contributed by atoms with van der Waals surface area (Å²) in [5.41, 5.74) is -2.56. The number of rotatable bonds is 4. The third-order valence-electron chi connectivity index (χ3n) is 5.31. The molecular weight excluding hydrogens is 431 g/mol. The van der Waals surface area contributed by atoms with Crippen LogP contribution in [0.15, 0.2) is 10.7 Å². The topological polar surface area (TPSA) is 80.7 Å². The molecule has 156 valence electrons. The largest absolute Gasteiger partial charge is 0.460 e. The molecule has 1 aromatic heterocycles. The van der Waals surface area contributed by atoms with Crippen molar-refractivity contribution in [1.29, 1.82) is 0 Å². The molecule has 0 amide bonds. The second-order valence-corrected chi connectivity index (χ2v) is 9.86. The highest BCUT2D eigenvalue weighted by Gasteiger charge is 2.47. The van der Waals surface area contributed by atoms with E-state index in [2.05, 4.69) is 26.2 Å². The third kappa shape index (κ3) is 4.40. The Labute approximate surface area is 173 Å². The van der Waals surface area contributed by atoms with Crippen molar-refractivity contribution in [3.8, 4) is 0 Å². The average molecular weight is 459 g/mol. The highest BCUT2D eigenvalue weighted by atomic mass is 79.9. The molecular formula is C20H28BrFN2O4. The van der Waals surface area contributed by atoms with Crippen LogP contribution in [0.4, 0.5) is 4.39 Å². The minimum Gasteiger partial charge on any atom is -0.460 e. The molecule has 1 aromatic rings. The Hall–Kier alpha value is -1.09. The molecule has 2 atom stereocenters. The Kier molecular flexibility index (Phi) is 5.89. The molecule has 2 saturated heterocycles. The van der Waals surface area contributed by atoms with Crippen LogP contribution in [0.1, 0.15) is 51.8 Å². The summed E-state index contributed by atoms with van der Waals surface area (Å²) in [5.74, 6) is -0.912. The number of ether oxygens (including phenoxy) is 2. The first-order chi connectivity index (χ1) is 12.9. The predicted octanol–water partition coefficient (Wildman–Crippen LogP) is 2.84. The normalized spacial score (nSPS) is 27.2. The van der Waals surface area contributed by atoms with Gasteiger partial charge in [-0.25, -0.2) is 9.37 Å². The third-order valence-corrected chi connectivity index (χ3v) is 5.72. The number of nitrogens with one attached hydrogen (secondary N) is 1. The van der Waals surface area contributed by atoms with E-state index in [0.717, 1.165) is 0 Å². The molecule has 0 unspecified atom stereocenters. The molecule has 2 aliphatic heterocycles. The first-order valence-corrected chi connectivity index (χ1v) is 10.4. The van der Waals surface area contributed by atoms with Crippen molar-refractivity contribution in [2.75, 3.05) is 19.8 Å². The van der Waals surface area contributed by atoms with Gasteiger partial charge in [-0.15, -0.1) is 0 Å². The minimum atomic E-state index is -1.36. The van der Waals surface area contributed by atoms with Crippen molar-refractivity contribution in [3.63, 3.8) is 0 Å². The molecule has 0 saturated carbocycles. The van der Waals surface area contributed by atoms with Gasteiger partial charge in [0, 0.05) is 18.0 Å². The second kappa shape index (κ2) is 7.63. The van der Waals surface area contributed by atoms with E-state index in [1.165, 1.54) is 6.07 Å². The number of pyridine rings is 1. The van der Waals surface area contributed by atoms with Gasteiger partial charge in [-0.1, -0.05) is 0 Å². The van der Waals surface area contributed by atoms with Gasteiger partial charge in [0.15, 0.2) is 5.82 Å². The first-order valence-electron chi connectivity index (χ1n) is 9.57. The number of hydrogen-bond donors (Lipinski definition) is 2. The maximum absolute atomic E-state index is 15.3. The van der Waals surface area contributed by atoms with E-state index < -0.39 is 22.4 Å². The van der Waals surface area contributed by atoms with Crippen LogP contribution in [0, 0.1) is 11.2 Å². The average Bonchev–Trinajstić information content (AvgIpc) is 2.54. The molecule has 8 heteroatoms. The highest BCUT2D eigenvalue weighted by Crippen LogP contribution is 2.40. The number of hydrogen-bond acceptors (Lipinski definition) is 6. The molecule has 0 radical (unpaired) electrons. The molecule has 3 heterocycles. The van der Waals surface area contributed by atoms with Crippen LogP contribution >= 0.6 is 15.9 Å². The first kappa shape index (κ1) is 21.6. The number of aliphatic hydroxyl groups is 1. The fraction of sp³-hybridized carbons (Fsp3) is 0.700. The number of aromatic nitrogens is 1. The summed E-state index contributed by atoms with van der Waals surface area (Å²) in [6.45, 7) is 8.20. The van der Waals surface area contributed by atoms with E-state index in [1.807, 2.05) is 27.7 Å². The van der Waals surface area contributed by atoms with Gasteiger partial charge in [0.1, 0.15) is 15.8 Å². The predicted molar refractivity (Wildman–Crippen MR) is 105 cm³/mol. The van der Waals surface area contributed by atoms with E-state index in [1.54, 1.807) is 0 Å². The standard InChI is InChI=1S/C20H28BrFN2O4/c1-12-8-19(5-6-23-12,17(25)28-18(2,3)4)9-14-16(22)13(7-15(21)24-14)20(26)10-27-11-20/h7,12,23,26H,5-6,8-11H2,1-4H3/t12-,19-/m1/s1. The van der Waals surface area contributed by atoms with Crippen LogP contribution in [0.2, 0.25) is 0 Å². The van der Waals surface area contributed by atoms with Crippen molar-refractivity contribution < 1.29 is 23.8 Å². The Balaban J connectivity index is 1.98. The summed E-state index contributed by atoms with van der Waals surface area (Å²) in [6.07, 6.45) is 1.17. The number of halogens is 2. The number of carbonyl (C=O) groups is 1. The number of esters is 1. The summed E-state index contributed by atoms with van der Waals surface area (Å²) in [4.78, 5) is 17.5. The smallest absolute Gasteiger partial charge is 0.313 e. The second-order valence-electron chi connectivity index (χ2n) is 9.05. The minimum absolute atomic E-state index is 0.0397. The van der Waals surface area contributed by atoms with Gasteiger partial charge in [0.25, 0.3) is 0 Å². The summed E-state index contributed by atoms with van der Waals surface area (Å²) in [5, 5.41) is 13.9. The van der Waals surface area contributed by atoms with Crippen molar-refractivity contribution in [3.05, 3.63) is 27.7 Å². The monoisotopic (exact) mass is 458 g/mol. The van der Waals surface area contributed by atoms with E-state index in [0.29, 0.717) is 24.0 Å². The van der Waals surface area contributed by atoms with Gasteiger partial charge in [0.2, 0.25) is 0 Å². The molecule has 28 heavy (non-hydrogen) atoms. The molecule has 0 aliphatic carbocycles. The zero-order chi connectivity index (χ0) is 20.7.